The second-order valence-electron chi connectivity index (χ2n) is 4.48. The lowest BCUT2D eigenvalue weighted by atomic mass is 10.1. The molecule has 0 aliphatic heterocycles. The minimum atomic E-state index is -0.781. The molecule has 2 N–H and O–H groups in total. The second-order valence-corrected chi connectivity index (χ2v) is 5.40. The van der Waals surface area contributed by atoms with Crippen molar-refractivity contribution >= 4 is 21.9 Å². The van der Waals surface area contributed by atoms with Gasteiger partial charge in [0.2, 0.25) is 0 Å². The summed E-state index contributed by atoms with van der Waals surface area (Å²) in [7, 11) is 0. The minimum Gasteiger partial charge on any atom is -0.480 e. The van der Waals surface area contributed by atoms with Gasteiger partial charge >= 0.3 is 5.97 Å². The Morgan fingerprint density at radius 1 is 1.67 bits per heavy atom. The average Bonchev–Trinajstić information content (AvgIpc) is 2.69. The third-order valence-electron chi connectivity index (χ3n) is 2.69. The summed E-state index contributed by atoms with van der Waals surface area (Å²) in [5.74, 6) is -0.781. The van der Waals surface area contributed by atoms with Crippen LogP contribution in [-0.4, -0.2) is 32.9 Å². The van der Waals surface area contributed by atoms with Crippen LogP contribution in [0, 0.1) is 0 Å². The van der Waals surface area contributed by atoms with Gasteiger partial charge < -0.3 is 10.4 Å². The van der Waals surface area contributed by atoms with Crippen molar-refractivity contribution in [1.29, 1.82) is 0 Å². The molecule has 102 valence electrons. The molecule has 0 bridgehead atoms. The van der Waals surface area contributed by atoms with E-state index in [1.165, 1.54) is 0 Å². The summed E-state index contributed by atoms with van der Waals surface area (Å²) in [6.45, 7) is 4.68. The maximum Gasteiger partial charge on any atom is 0.320 e. The number of nitrogens with one attached hydrogen (secondary N) is 1. The van der Waals surface area contributed by atoms with E-state index < -0.39 is 12.0 Å². The number of nitrogens with zero attached hydrogens (tertiary/aromatic N) is 2. The first-order chi connectivity index (χ1) is 8.52. The van der Waals surface area contributed by atoms with Crippen LogP contribution >= 0.6 is 15.9 Å². The molecular formula is C12H20BrN3O2. The molecule has 0 saturated heterocycles. The Bertz CT molecular complexity index is 381. The lowest BCUT2D eigenvalue weighted by Gasteiger charge is -2.20. The standard InChI is InChI=1S/C12H20BrN3O2/c1-3-4-5-11(12(17)18)15-9(2)7-16-8-10(13)6-14-16/h6,8-9,11,15H,3-5,7H2,1-2H3,(H,17,18)/t9?,11-/m0/s1. The molecule has 6 heteroatoms. The second kappa shape index (κ2) is 7.53. The molecule has 0 amide bonds. The van der Waals surface area contributed by atoms with Crippen LogP contribution in [0.2, 0.25) is 0 Å². The number of carboxylic acid groups (broad SMARTS) is 1. The van der Waals surface area contributed by atoms with Crippen molar-refractivity contribution in [2.24, 2.45) is 0 Å². The van der Waals surface area contributed by atoms with Crippen molar-refractivity contribution in [2.75, 3.05) is 0 Å². The molecule has 1 rings (SSSR count). The zero-order chi connectivity index (χ0) is 13.5. The van der Waals surface area contributed by atoms with Gasteiger partial charge in [0.05, 0.1) is 17.2 Å². The summed E-state index contributed by atoms with van der Waals surface area (Å²) < 4.78 is 2.72. The predicted octanol–water partition coefficient (Wildman–Crippen LogP) is 2.27. The summed E-state index contributed by atoms with van der Waals surface area (Å²) in [6.07, 6.45) is 6.19. The molecule has 5 nitrogen and oxygen atoms in total. The van der Waals surface area contributed by atoms with Gasteiger partial charge in [-0.1, -0.05) is 19.8 Å². The fraction of sp³-hybridized carbons (Fsp3) is 0.667. The first kappa shape index (κ1) is 15.2. The summed E-state index contributed by atoms with van der Waals surface area (Å²) in [4.78, 5) is 11.1. The summed E-state index contributed by atoms with van der Waals surface area (Å²) in [5.41, 5.74) is 0. The van der Waals surface area contributed by atoms with Crippen LogP contribution in [0.5, 0.6) is 0 Å². The maximum absolute atomic E-state index is 11.1. The van der Waals surface area contributed by atoms with E-state index in [9.17, 15) is 4.79 Å². The number of aromatic nitrogens is 2. The molecular weight excluding hydrogens is 298 g/mol. The van der Waals surface area contributed by atoms with Gasteiger partial charge in [0.1, 0.15) is 6.04 Å². The normalized spacial score (nSPS) is 14.4. The number of carbonyl (C=O) groups is 1. The Morgan fingerprint density at radius 3 is 2.89 bits per heavy atom. The molecule has 0 saturated carbocycles. The number of hydrogen-bond donors (Lipinski definition) is 2. The molecule has 0 spiro atoms. The van der Waals surface area contributed by atoms with Crippen LogP contribution in [0.15, 0.2) is 16.9 Å². The molecule has 2 atom stereocenters. The maximum atomic E-state index is 11.1. The van der Waals surface area contributed by atoms with Crippen LogP contribution in [-0.2, 0) is 11.3 Å². The monoisotopic (exact) mass is 317 g/mol. The molecule has 0 aliphatic rings. The first-order valence-corrected chi connectivity index (χ1v) is 6.99. The molecule has 1 heterocycles. The fourth-order valence-electron chi connectivity index (χ4n) is 1.80. The fourth-order valence-corrected chi connectivity index (χ4v) is 2.13. The Hall–Kier alpha value is -0.880. The molecule has 0 aromatic carbocycles. The number of unbranched alkanes of at least 4 members (excludes halogenated alkanes) is 1. The van der Waals surface area contributed by atoms with E-state index in [4.69, 9.17) is 5.11 Å². The Kier molecular flexibility index (Phi) is 6.35. The van der Waals surface area contributed by atoms with Crippen LogP contribution in [0.25, 0.3) is 0 Å². The van der Waals surface area contributed by atoms with Crippen molar-refractivity contribution in [1.82, 2.24) is 15.1 Å². The molecule has 0 radical (unpaired) electrons. The molecule has 18 heavy (non-hydrogen) atoms. The highest BCUT2D eigenvalue weighted by Gasteiger charge is 2.18. The zero-order valence-corrected chi connectivity index (χ0v) is 12.4. The number of aliphatic carboxylic acids is 1. The van der Waals surface area contributed by atoms with Gasteiger partial charge in [0.15, 0.2) is 0 Å². The van der Waals surface area contributed by atoms with Gasteiger partial charge in [-0.3, -0.25) is 9.48 Å². The van der Waals surface area contributed by atoms with E-state index >= 15 is 0 Å². The van der Waals surface area contributed by atoms with Crippen LogP contribution < -0.4 is 5.32 Å². The van der Waals surface area contributed by atoms with Crippen molar-refractivity contribution in [3.8, 4) is 0 Å². The SMILES string of the molecule is CCCC[C@H](NC(C)Cn1cc(Br)cn1)C(=O)O. The van der Waals surface area contributed by atoms with Gasteiger partial charge in [-0.2, -0.15) is 5.10 Å². The molecule has 1 aromatic heterocycles. The quantitative estimate of drug-likeness (QED) is 0.771. The highest BCUT2D eigenvalue weighted by Crippen LogP contribution is 2.07. The van der Waals surface area contributed by atoms with E-state index in [0.717, 1.165) is 17.3 Å². The highest BCUT2D eigenvalue weighted by atomic mass is 79.9. The molecule has 1 aromatic rings. The largest absolute Gasteiger partial charge is 0.480 e. The predicted molar refractivity (Wildman–Crippen MR) is 73.5 cm³/mol. The zero-order valence-electron chi connectivity index (χ0n) is 10.8. The Morgan fingerprint density at radius 2 is 2.39 bits per heavy atom. The van der Waals surface area contributed by atoms with Gasteiger partial charge in [-0.25, -0.2) is 0 Å². The molecule has 0 aliphatic carbocycles. The molecule has 0 fully saturated rings. The average molecular weight is 318 g/mol. The van der Waals surface area contributed by atoms with Crippen molar-refractivity contribution in [3.63, 3.8) is 0 Å². The lowest BCUT2D eigenvalue weighted by Crippen LogP contribution is -2.43. The van der Waals surface area contributed by atoms with E-state index in [2.05, 4.69) is 33.3 Å². The summed E-state index contributed by atoms with van der Waals surface area (Å²) >= 11 is 3.33. The topological polar surface area (TPSA) is 67.2 Å². The van der Waals surface area contributed by atoms with E-state index in [1.807, 2.05) is 13.1 Å². The van der Waals surface area contributed by atoms with Crippen LogP contribution in [0.1, 0.15) is 33.1 Å². The van der Waals surface area contributed by atoms with Crippen molar-refractivity contribution in [2.45, 2.75) is 51.7 Å². The third kappa shape index (κ3) is 5.18. The Labute approximate surface area is 116 Å². The molecule has 1 unspecified atom stereocenters. The van der Waals surface area contributed by atoms with Gasteiger partial charge in [-0.15, -0.1) is 0 Å². The van der Waals surface area contributed by atoms with E-state index in [-0.39, 0.29) is 6.04 Å². The summed E-state index contributed by atoms with van der Waals surface area (Å²) in [6, 6.07) is -0.409. The third-order valence-corrected chi connectivity index (χ3v) is 3.10. The number of halogens is 1. The number of hydrogen-bond acceptors (Lipinski definition) is 3. The van der Waals surface area contributed by atoms with Gasteiger partial charge in [0, 0.05) is 12.2 Å². The lowest BCUT2D eigenvalue weighted by molar-refractivity contribution is -0.139. The Balaban J connectivity index is 2.45. The number of rotatable bonds is 8. The van der Waals surface area contributed by atoms with Crippen molar-refractivity contribution in [3.05, 3.63) is 16.9 Å². The van der Waals surface area contributed by atoms with E-state index in [1.54, 1.807) is 10.9 Å². The van der Waals surface area contributed by atoms with Gasteiger partial charge in [-0.05, 0) is 29.3 Å². The minimum absolute atomic E-state index is 0.0646. The smallest absolute Gasteiger partial charge is 0.320 e. The van der Waals surface area contributed by atoms with Gasteiger partial charge in [0.25, 0.3) is 0 Å². The van der Waals surface area contributed by atoms with Crippen LogP contribution in [0.4, 0.5) is 0 Å². The summed E-state index contributed by atoms with van der Waals surface area (Å²) in [5, 5.41) is 16.4. The highest BCUT2D eigenvalue weighted by molar-refractivity contribution is 9.10. The van der Waals surface area contributed by atoms with E-state index in [0.29, 0.717) is 13.0 Å². The van der Waals surface area contributed by atoms with Crippen molar-refractivity contribution < 1.29 is 9.90 Å². The van der Waals surface area contributed by atoms with Crippen LogP contribution in [0.3, 0.4) is 0 Å². The first-order valence-electron chi connectivity index (χ1n) is 6.19. The number of carboxylic acids is 1.